The average Bonchev–Trinajstić information content (AvgIpc) is 2.52. The Kier molecular flexibility index (Phi) is 11.2. The molecule has 0 spiro atoms. The van der Waals surface area contributed by atoms with E-state index < -0.39 is 0 Å². The Balaban J connectivity index is 0.000000308. The molecule has 102 valence electrons. The van der Waals surface area contributed by atoms with Crippen molar-refractivity contribution in [3.05, 3.63) is 29.8 Å². The lowest BCUT2D eigenvalue weighted by Gasteiger charge is -2.05. The summed E-state index contributed by atoms with van der Waals surface area (Å²) in [4.78, 5) is 10.2. The van der Waals surface area contributed by atoms with Crippen LogP contribution in [0.4, 0.5) is 5.69 Å². The molecule has 0 bridgehead atoms. The van der Waals surface area contributed by atoms with E-state index in [2.05, 4.69) is 11.1 Å². The fraction of sp³-hybridized carbons (Fsp3) is 0.533. The monoisotopic (exact) mass is 250 g/mol. The topological polar surface area (TPSA) is 55.1 Å². The minimum absolute atomic E-state index is 0.707. The third-order valence-electron chi connectivity index (χ3n) is 2.84. The molecule has 0 atom stereocenters. The van der Waals surface area contributed by atoms with Crippen LogP contribution in [0.1, 0.15) is 48.9 Å². The Morgan fingerprint density at radius 3 is 1.61 bits per heavy atom. The first kappa shape index (κ1) is 16.6. The zero-order valence-electron chi connectivity index (χ0n) is 11.6. The molecule has 18 heavy (non-hydrogen) atoms. The van der Waals surface area contributed by atoms with Gasteiger partial charge in [-0.2, -0.15) is 0 Å². The minimum atomic E-state index is 0.707. The average molecular weight is 250 g/mol. The smallest absolute Gasteiger partial charge is 0.150 e. The third-order valence-corrected chi connectivity index (χ3v) is 2.84. The van der Waals surface area contributed by atoms with E-state index in [9.17, 15) is 4.79 Å². The normalized spacial score (nSPS) is 13.3. The fourth-order valence-electron chi connectivity index (χ4n) is 1.79. The van der Waals surface area contributed by atoms with E-state index in [4.69, 9.17) is 0 Å². The molecule has 0 radical (unpaired) electrons. The number of hydrogen-bond acceptors (Lipinski definition) is 3. The Bertz CT molecular complexity index is 280. The zero-order chi connectivity index (χ0) is 13.6. The predicted molar refractivity (Wildman–Crippen MR) is 79.2 cm³/mol. The number of benzene rings is 1. The van der Waals surface area contributed by atoms with Crippen molar-refractivity contribution in [2.24, 2.45) is 5.73 Å². The van der Waals surface area contributed by atoms with Crippen molar-refractivity contribution in [2.75, 3.05) is 19.4 Å². The van der Waals surface area contributed by atoms with E-state index >= 15 is 0 Å². The summed E-state index contributed by atoms with van der Waals surface area (Å²) in [5.74, 6) is 0. The van der Waals surface area contributed by atoms with Crippen molar-refractivity contribution in [1.82, 2.24) is 0 Å². The van der Waals surface area contributed by atoms with Crippen molar-refractivity contribution in [3.63, 3.8) is 0 Å². The number of anilines is 1. The number of hydrogen-bond donors (Lipinski definition) is 2. The quantitative estimate of drug-likeness (QED) is 0.790. The van der Waals surface area contributed by atoms with Crippen molar-refractivity contribution >= 4 is 12.0 Å². The number of carbonyl (C=O) groups excluding carboxylic acids is 1. The van der Waals surface area contributed by atoms with Crippen LogP contribution in [0.5, 0.6) is 0 Å². The zero-order valence-corrected chi connectivity index (χ0v) is 11.6. The molecule has 2 rings (SSSR count). The summed E-state index contributed by atoms with van der Waals surface area (Å²) in [6.45, 7) is 0. The van der Waals surface area contributed by atoms with Crippen LogP contribution in [0.3, 0.4) is 0 Å². The highest BCUT2D eigenvalue weighted by atomic mass is 16.1. The number of nitrogens with one attached hydrogen (secondary N) is 1. The van der Waals surface area contributed by atoms with Gasteiger partial charge >= 0.3 is 0 Å². The molecule has 1 fully saturated rings. The van der Waals surface area contributed by atoms with E-state index in [0.717, 1.165) is 12.0 Å². The van der Waals surface area contributed by atoms with Crippen LogP contribution in [0.15, 0.2) is 24.3 Å². The van der Waals surface area contributed by atoms with Crippen LogP contribution in [-0.4, -0.2) is 20.4 Å². The lowest BCUT2D eigenvalue weighted by atomic mass is 10.0. The van der Waals surface area contributed by atoms with Gasteiger partial charge in [0.2, 0.25) is 0 Å². The maximum Gasteiger partial charge on any atom is 0.150 e. The van der Waals surface area contributed by atoms with Crippen molar-refractivity contribution in [3.8, 4) is 0 Å². The van der Waals surface area contributed by atoms with Crippen LogP contribution < -0.4 is 11.1 Å². The molecule has 0 heterocycles. The second kappa shape index (κ2) is 12.1. The van der Waals surface area contributed by atoms with Gasteiger partial charge in [0, 0.05) is 18.3 Å². The van der Waals surface area contributed by atoms with E-state index in [1.807, 2.05) is 19.2 Å². The van der Waals surface area contributed by atoms with Crippen LogP contribution >= 0.6 is 0 Å². The highest BCUT2D eigenvalue weighted by molar-refractivity contribution is 5.75. The molecule has 3 N–H and O–H groups in total. The van der Waals surface area contributed by atoms with Gasteiger partial charge in [-0.3, -0.25) is 4.79 Å². The molecule has 3 heteroatoms. The highest BCUT2D eigenvalue weighted by Crippen LogP contribution is 2.15. The van der Waals surface area contributed by atoms with Crippen LogP contribution in [-0.2, 0) is 0 Å². The SMILES string of the molecule is C1CCCCC1.CN.CNc1ccc(C=O)cc1. The van der Waals surface area contributed by atoms with Crippen LogP contribution in [0.25, 0.3) is 0 Å². The molecule has 0 amide bonds. The molecule has 3 nitrogen and oxygen atoms in total. The predicted octanol–water partition coefficient (Wildman–Crippen LogP) is 3.46. The van der Waals surface area contributed by atoms with E-state index in [0.29, 0.717) is 5.56 Å². The molecule has 1 aromatic carbocycles. The van der Waals surface area contributed by atoms with Gasteiger partial charge < -0.3 is 11.1 Å². The Hall–Kier alpha value is -1.35. The largest absolute Gasteiger partial charge is 0.388 e. The van der Waals surface area contributed by atoms with Crippen molar-refractivity contribution in [2.45, 2.75) is 38.5 Å². The van der Waals surface area contributed by atoms with Crippen LogP contribution in [0, 0.1) is 0 Å². The second-order valence-corrected chi connectivity index (χ2v) is 4.11. The molecule has 0 saturated heterocycles. The summed E-state index contributed by atoms with van der Waals surface area (Å²) >= 11 is 0. The lowest BCUT2D eigenvalue weighted by molar-refractivity contribution is 0.112. The number of rotatable bonds is 2. The second-order valence-electron chi connectivity index (χ2n) is 4.11. The number of carbonyl (C=O) groups is 1. The highest BCUT2D eigenvalue weighted by Gasteiger charge is 1.95. The Morgan fingerprint density at radius 1 is 0.944 bits per heavy atom. The molecular weight excluding hydrogens is 224 g/mol. The summed E-state index contributed by atoms with van der Waals surface area (Å²) in [6.07, 6.45) is 9.83. The first-order valence-corrected chi connectivity index (χ1v) is 6.67. The Morgan fingerprint density at radius 2 is 1.33 bits per heavy atom. The first-order chi connectivity index (χ1) is 8.86. The van der Waals surface area contributed by atoms with Gasteiger partial charge in [-0.25, -0.2) is 0 Å². The number of aldehydes is 1. The van der Waals surface area contributed by atoms with Gasteiger partial charge in [0.15, 0.2) is 0 Å². The molecule has 0 aliphatic heterocycles. The fourth-order valence-corrected chi connectivity index (χ4v) is 1.79. The van der Waals surface area contributed by atoms with Gasteiger partial charge in [0.05, 0.1) is 0 Å². The molecule has 0 unspecified atom stereocenters. The molecule has 1 saturated carbocycles. The summed E-state index contributed by atoms with van der Waals surface area (Å²) in [6, 6.07) is 7.28. The van der Waals surface area contributed by atoms with Gasteiger partial charge in [-0.05, 0) is 31.3 Å². The molecule has 1 aliphatic rings. The van der Waals surface area contributed by atoms with Gasteiger partial charge in [0.1, 0.15) is 6.29 Å². The summed E-state index contributed by atoms with van der Waals surface area (Å²) in [7, 11) is 3.34. The standard InChI is InChI=1S/C8H9NO.C6H12.CH5N/c1-9-8-4-2-7(6-10)3-5-8;1-2-4-6-5-3-1;1-2/h2-6,9H,1H3;1-6H2;2H2,1H3. The van der Waals surface area contributed by atoms with Crippen molar-refractivity contribution in [1.29, 1.82) is 0 Å². The third kappa shape index (κ3) is 7.85. The Labute approximate surface area is 111 Å². The van der Waals surface area contributed by atoms with Gasteiger partial charge in [0.25, 0.3) is 0 Å². The van der Waals surface area contributed by atoms with E-state index in [-0.39, 0.29) is 0 Å². The van der Waals surface area contributed by atoms with E-state index in [1.165, 1.54) is 45.6 Å². The summed E-state index contributed by atoms with van der Waals surface area (Å²) in [5.41, 5.74) is 6.23. The molecule has 1 aromatic rings. The summed E-state index contributed by atoms with van der Waals surface area (Å²) < 4.78 is 0. The molecular formula is C15H26N2O. The first-order valence-electron chi connectivity index (χ1n) is 6.67. The van der Waals surface area contributed by atoms with Gasteiger partial charge in [-0.15, -0.1) is 0 Å². The van der Waals surface area contributed by atoms with Crippen molar-refractivity contribution < 1.29 is 4.79 Å². The number of nitrogens with two attached hydrogens (primary N) is 1. The lowest BCUT2D eigenvalue weighted by Crippen LogP contribution is -1.87. The maximum atomic E-state index is 10.2. The maximum absolute atomic E-state index is 10.2. The molecule has 0 aromatic heterocycles. The minimum Gasteiger partial charge on any atom is -0.388 e. The molecule has 1 aliphatic carbocycles. The van der Waals surface area contributed by atoms with Gasteiger partial charge in [-0.1, -0.05) is 38.5 Å². The van der Waals surface area contributed by atoms with E-state index in [1.54, 1.807) is 12.1 Å². The summed E-state index contributed by atoms with van der Waals surface area (Å²) in [5, 5.41) is 2.96. The van der Waals surface area contributed by atoms with Crippen LogP contribution in [0.2, 0.25) is 0 Å².